The van der Waals surface area contributed by atoms with Gasteiger partial charge in [-0.1, -0.05) is 0 Å². The van der Waals surface area contributed by atoms with Crippen LogP contribution in [0.5, 0.6) is 0 Å². The van der Waals surface area contributed by atoms with E-state index in [0.717, 1.165) is 0 Å². The number of hydrogen-bond acceptors (Lipinski definition) is 5. The molecular weight excluding hydrogens is 183 g/mol. The van der Waals surface area contributed by atoms with E-state index in [-0.39, 0.29) is 6.61 Å². The molecule has 12 heavy (non-hydrogen) atoms. The first-order chi connectivity index (χ1) is 5.60. The van der Waals surface area contributed by atoms with Gasteiger partial charge in [0.15, 0.2) is 0 Å². The Kier molecular flexibility index (Phi) is 4.97. The third-order valence-corrected chi connectivity index (χ3v) is 1.61. The quantitative estimate of drug-likeness (QED) is 0.373. The van der Waals surface area contributed by atoms with Gasteiger partial charge in [-0.05, 0) is 6.92 Å². The van der Waals surface area contributed by atoms with Crippen LogP contribution >= 0.6 is 8.69 Å². The van der Waals surface area contributed by atoms with E-state index in [0.29, 0.717) is 0 Å². The maximum atomic E-state index is 11.0. The Balaban J connectivity index is 4.36. The number of rotatable bonds is 5. The highest BCUT2D eigenvalue weighted by Crippen LogP contribution is 2.19. The van der Waals surface area contributed by atoms with Crippen LogP contribution in [0.25, 0.3) is 0 Å². The molecule has 0 radical (unpaired) electrons. The first-order valence-corrected chi connectivity index (χ1v) is 4.07. The van der Waals surface area contributed by atoms with Crippen LogP contribution in [0.4, 0.5) is 0 Å². The summed E-state index contributed by atoms with van der Waals surface area (Å²) in [6.45, 7) is 3.29. The lowest BCUT2D eigenvalue weighted by atomic mass is 10.3. The first-order valence-electron chi connectivity index (χ1n) is 3.34. The lowest BCUT2D eigenvalue weighted by Gasteiger charge is -2.22. The zero-order valence-electron chi connectivity index (χ0n) is 7.20. The summed E-state index contributed by atoms with van der Waals surface area (Å²) in [6.07, 6.45) is 0. The first kappa shape index (κ1) is 11.5. The van der Waals surface area contributed by atoms with Gasteiger partial charge in [0.2, 0.25) is 0 Å². The van der Waals surface area contributed by atoms with Crippen molar-refractivity contribution in [1.29, 1.82) is 0 Å². The summed E-state index contributed by atoms with van der Waals surface area (Å²) in [5, 5.41) is 0. The molecule has 1 atom stereocenters. The average Bonchev–Trinajstić information content (AvgIpc) is 2.04. The Morgan fingerprint density at radius 1 is 1.58 bits per heavy atom. The van der Waals surface area contributed by atoms with Crippen molar-refractivity contribution in [2.75, 3.05) is 13.7 Å². The Hall–Kier alpha value is -0.510. The highest BCUT2D eigenvalue weighted by molar-refractivity contribution is 7.17. The van der Waals surface area contributed by atoms with Crippen LogP contribution < -0.4 is 0 Å². The minimum atomic E-state index is -1.58. The largest absolute Gasteiger partial charge is 0.465 e. The zero-order chi connectivity index (χ0) is 9.61. The molecule has 0 fully saturated rings. The van der Waals surface area contributed by atoms with E-state index in [9.17, 15) is 9.36 Å². The molecule has 0 saturated heterocycles. The number of ether oxygens (including phenoxy) is 2. The second kappa shape index (κ2) is 5.19. The lowest BCUT2D eigenvalue weighted by Crippen LogP contribution is -2.40. The molecule has 70 valence electrons. The fraction of sp³-hybridized carbons (Fsp3) is 0.833. The SMILES string of the molecule is CCOC(C)(OP=O)C(=O)OC. The highest BCUT2D eigenvalue weighted by atomic mass is 31.1. The fourth-order valence-electron chi connectivity index (χ4n) is 0.654. The molecule has 0 aliphatic rings. The Morgan fingerprint density at radius 2 is 2.17 bits per heavy atom. The molecule has 0 aromatic rings. The molecule has 0 amide bonds. The standard InChI is InChI=1S/C6H11O5P/c1-4-10-6(2,11-12-8)5(7)9-3/h4H2,1-3H3. The van der Waals surface area contributed by atoms with Crippen molar-refractivity contribution in [2.45, 2.75) is 19.6 Å². The monoisotopic (exact) mass is 194 g/mol. The van der Waals surface area contributed by atoms with Gasteiger partial charge in [-0.15, -0.1) is 0 Å². The van der Waals surface area contributed by atoms with Gasteiger partial charge in [-0.2, -0.15) is 0 Å². The molecule has 5 nitrogen and oxygen atoms in total. The molecule has 6 heteroatoms. The number of hydrogen-bond donors (Lipinski definition) is 0. The molecule has 1 unspecified atom stereocenters. The van der Waals surface area contributed by atoms with Crippen LogP contribution in [-0.4, -0.2) is 25.5 Å². The van der Waals surface area contributed by atoms with E-state index in [1.165, 1.54) is 14.0 Å². The van der Waals surface area contributed by atoms with Gasteiger partial charge in [0.1, 0.15) is 0 Å². The normalized spacial score (nSPS) is 15.6. The second-order valence-corrected chi connectivity index (χ2v) is 2.37. The molecule has 0 N–H and O–H groups in total. The van der Waals surface area contributed by atoms with E-state index in [1.807, 2.05) is 0 Å². The third kappa shape index (κ3) is 2.85. The smallest absolute Gasteiger partial charge is 0.367 e. The van der Waals surface area contributed by atoms with Crippen molar-refractivity contribution < 1.29 is 23.4 Å². The van der Waals surface area contributed by atoms with Crippen molar-refractivity contribution >= 4 is 14.7 Å². The molecule has 0 rings (SSSR count). The summed E-state index contributed by atoms with van der Waals surface area (Å²) in [5.41, 5.74) is 0. The summed E-state index contributed by atoms with van der Waals surface area (Å²) in [7, 11) is 0.577. The molecule has 0 aromatic heterocycles. The van der Waals surface area contributed by atoms with Crippen LogP contribution in [0.3, 0.4) is 0 Å². The molecule has 0 aromatic carbocycles. The van der Waals surface area contributed by atoms with Gasteiger partial charge in [0.05, 0.1) is 7.11 Å². The van der Waals surface area contributed by atoms with Gasteiger partial charge in [-0.3, -0.25) is 0 Å². The maximum absolute atomic E-state index is 11.0. The molecule has 0 heterocycles. The van der Waals surface area contributed by atoms with Crippen LogP contribution in [0.2, 0.25) is 0 Å². The van der Waals surface area contributed by atoms with E-state index in [1.54, 1.807) is 6.92 Å². The Labute approximate surface area is 72.3 Å². The zero-order valence-corrected chi connectivity index (χ0v) is 8.09. The van der Waals surface area contributed by atoms with Crippen LogP contribution in [0.15, 0.2) is 0 Å². The van der Waals surface area contributed by atoms with E-state index in [2.05, 4.69) is 9.26 Å². The van der Waals surface area contributed by atoms with Gasteiger partial charge in [-0.25, -0.2) is 13.9 Å². The van der Waals surface area contributed by atoms with Gasteiger partial charge in [0.25, 0.3) is 5.79 Å². The van der Waals surface area contributed by atoms with Crippen molar-refractivity contribution in [3.05, 3.63) is 0 Å². The maximum Gasteiger partial charge on any atom is 0.367 e. The number of carbonyl (C=O) groups excluding carboxylic acids is 1. The number of carbonyl (C=O) groups is 1. The van der Waals surface area contributed by atoms with E-state index >= 15 is 0 Å². The molecule has 0 saturated carbocycles. The predicted octanol–water partition coefficient (Wildman–Crippen LogP) is 1.14. The highest BCUT2D eigenvalue weighted by Gasteiger charge is 2.37. The average molecular weight is 194 g/mol. The van der Waals surface area contributed by atoms with Gasteiger partial charge < -0.3 is 9.47 Å². The number of esters is 1. The summed E-state index contributed by atoms with van der Waals surface area (Å²) < 4.78 is 24.0. The van der Waals surface area contributed by atoms with Gasteiger partial charge >= 0.3 is 14.7 Å². The predicted molar refractivity (Wildman–Crippen MR) is 40.7 cm³/mol. The molecule has 0 aliphatic heterocycles. The number of methoxy groups -OCH3 is 1. The van der Waals surface area contributed by atoms with E-state index < -0.39 is 20.4 Å². The van der Waals surface area contributed by atoms with Crippen LogP contribution in [0, 0.1) is 0 Å². The van der Waals surface area contributed by atoms with Crippen molar-refractivity contribution in [3.8, 4) is 0 Å². The summed E-state index contributed by atoms with van der Waals surface area (Å²) in [4.78, 5) is 11.0. The molecule has 0 aliphatic carbocycles. The lowest BCUT2D eigenvalue weighted by molar-refractivity contribution is -0.205. The van der Waals surface area contributed by atoms with Gasteiger partial charge in [0, 0.05) is 13.5 Å². The fourth-order valence-corrected chi connectivity index (χ4v) is 0.924. The van der Waals surface area contributed by atoms with Crippen LogP contribution in [0.1, 0.15) is 13.8 Å². The Morgan fingerprint density at radius 3 is 2.50 bits per heavy atom. The van der Waals surface area contributed by atoms with Crippen molar-refractivity contribution in [2.24, 2.45) is 0 Å². The molecular formula is C6H11O5P. The minimum Gasteiger partial charge on any atom is -0.465 e. The summed E-state index contributed by atoms with van der Waals surface area (Å²) in [6, 6.07) is 0. The van der Waals surface area contributed by atoms with Crippen molar-refractivity contribution in [1.82, 2.24) is 0 Å². The van der Waals surface area contributed by atoms with E-state index in [4.69, 9.17) is 4.74 Å². The molecule has 0 bridgehead atoms. The minimum absolute atomic E-state index is 0.265. The second-order valence-electron chi connectivity index (χ2n) is 2.04. The summed E-state index contributed by atoms with van der Waals surface area (Å²) in [5.74, 6) is -2.29. The Bertz CT molecular complexity index is 171. The topological polar surface area (TPSA) is 61.8 Å². The van der Waals surface area contributed by atoms with Crippen molar-refractivity contribution in [3.63, 3.8) is 0 Å². The third-order valence-electron chi connectivity index (χ3n) is 1.19. The summed E-state index contributed by atoms with van der Waals surface area (Å²) >= 11 is 0. The van der Waals surface area contributed by atoms with Crippen LogP contribution in [-0.2, 0) is 23.4 Å². The molecule has 0 spiro atoms.